The van der Waals surface area contributed by atoms with Crippen LogP contribution in [0, 0.1) is 0 Å². The topological polar surface area (TPSA) is 68.1 Å². The van der Waals surface area contributed by atoms with Gasteiger partial charge in [-0.3, -0.25) is 9.59 Å². The Labute approximate surface area is 198 Å². The standard InChI is InChI=1S/C28H38N2O3/c1-3-4-5-6-7-8-9-10-11-12-13-14-28(32)33-27-21-19-26(20-22-27)30-29-25-17-15-24(16-18-25)23(2)31/h15-22H,3-14H2,1-2H3. The van der Waals surface area contributed by atoms with Gasteiger partial charge in [0.1, 0.15) is 5.75 Å². The van der Waals surface area contributed by atoms with Crippen LogP contribution in [0.5, 0.6) is 5.75 Å². The average Bonchev–Trinajstić information content (AvgIpc) is 2.82. The van der Waals surface area contributed by atoms with Crippen LogP contribution >= 0.6 is 0 Å². The van der Waals surface area contributed by atoms with E-state index in [1.165, 1.54) is 64.7 Å². The molecule has 0 heterocycles. The SMILES string of the molecule is CCCCCCCCCCCCCC(=O)Oc1ccc(N=Nc2ccc(C(C)=O)cc2)cc1. The van der Waals surface area contributed by atoms with Gasteiger partial charge >= 0.3 is 5.97 Å². The summed E-state index contributed by atoms with van der Waals surface area (Å²) in [5, 5.41) is 8.35. The first kappa shape index (κ1) is 26.4. The third kappa shape index (κ3) is 11.6. The summed E-state index contributed by atoms with van der Waals surface area (Å²) < 4.78 is 5.42. The highest BCUT2D eigenvalue weighted by Crippen LogP contribution is 2.22. The van der Waals surface area contributed by atoms with Gasteiger partial charge in [-0.2, -0.15) is 10.2 Å². The molecule has 2 rings (SSSR count). The first-order valence-electron chi connectivity index (χ1n) is 12.4. The normalized spacial score (nSPS) is 11.1. The minimum atomic E-state index is -0.189. The van der Waals surface area contributed by atoms with Crippen LogP contribution < -0.4 is 4.74 Å². The van der Waals surface area contributed by atoms with E-state index in [0.29, 0.717) is 29.1 Å². The van der Waals surface area contributed by atoms with E-state index in [4.69, 9.17) is 4.74 Å². The van der Waals surface area contributed by atoms with Crippen molar-refractivity contribution in [3.8, 4) is 5.75 Å². The van der Waals surface area contributed by atoms with Crippen LogP contribution in [0.4, 0.5) is 11.4 Å². The largest absolute Gasteiger partial charge is 0.427 e. The minimum Gasteiger partial charge on any atom is -0.427 e. The lowest BCUT2D eigenvalue weighted by atomic mass is 10.1. The fourth-order valence-electron chi connectivity index (χ4n) is 3.58. The van der Waals surface area contributed by atoms with E-state index < -0.39 is 0 Å². The number of Topliss-reactive ketones (excluding diaryl/α,β-unsaturated/α-hetero) is 1. The van der Waals surface area contributed by atoms with Gasteiger partial charge in [0, 0.05) is 12.0 Å². The highest BCUT2D eigenvalue weighted by Gasteiger charge is 2.05. The molecule has 0 bridgehead atoms. The summed E-state index contributed by atoms with van der Waals surface area (Å²) in [6, 6.07) is 14.0. The molecule has 0 saturated carbocycles. The molecule has 0 amide bonds. The fraction of sp³-hybridized carbons (Fsp3) is 0.500. The number of ketones is 1. The number of carbonyl (C=O) groups excluding carboxylic acids is 2. The van der Waals surface area contributed by atoms with Crippen LogP contribution in [-0.4, -0.2) is 11.8 Å². The van der Waals surface area contributed by atoms with Gasteiger partial charge in [-0.15, -0.1) is 0 Å². The molecule has 0 atom stereocenters. The number of benzene rings is 2. The summed E-state index contributed by atoms with van der Waals surface area (Å²) in [5.41, 5.74) is 1.98. The lowest BCUT2D eigenvalue weighted by molar-refractivity contribution is -0.134. The molecular weight excluding hydrogens is 412 g/mol. The molecule has 0 aliphatic heterocycles. The maximum Gasteiger partial charge on any atom is 0.311 e. The maximum absolute atomic E-state index is 12.1. The first-order chi connectivity index (χ1) is 16.1. The highest BCUT2D eigenvalue weighted by atomic mass is 16.5. The molecule has 0 unspecified atom stereocenters. The molecule has 0 aromatic heterocycles. The van der Waals surface area contributed by atoms with Crippen molar-refractivity contribution in [1.82, 2.24) is 0 Å². The quantitative estimate of drug-likeness (QED) is 0.0842. The molecule has 0 saturated heterocycles. The Balaban J connectivity index is 1.59. The Morgan fingerprint density at radius 2 is 1.12 bits per heavy atom. The van der Waals surface area contributed by atoms with Gasteiger partial charge < -0.3 is 4.74 Å². The van der Waals surface area contributed by atoms with Crippen LogP contribution in [0.2, 0.25) is 0 Å². The lowest BCUT2D eigenvalue weighted by Gasteiger charge is -2.05. The van der Waals surface area contributed by atoms with Gasteiger partial charge in [0.05, 0.1) is 11.4 Å². The summed E-state index contributed by atoms with van der Waals surface area (Å²) >= 11 is 0. The molecule has 0 spiro atoms. The number of esters is 1. The first-order valence-corrected chi connectivity index (χ1v) is 12.4. The third-order valence-corrected chi connectivity index (χ3v) is 5.61. The van der Waals surface area contributed by atoms with E-state index in [9.17, 15) is 9.59 Å². The zero-order valence-corrected chi connectivity index (χ0v) is 20.2. The highest BCUT2D eigenvalue weighted by molar-refractivity contribution is 5.94. The lowest BCUT2D eigenvalue weighted by Crippen LogP contribution is -2.07. The predicted molar refractivity (Wildman–Crippen MR) is 134 cm³/mol. The van der Waals surface area contributed by atoms with Gasteiger partial charge in [0.25, 0.3) is 0 Å². The van der Waals surface area contributed by atoms with Crippen molar-refractivity contribution in [2.75, 3.05) is 0 Å². The van der Waals surface area contributed by atoms with E-state index in [1.54, 1.807) is 48.5 Å². The van der Waals surface area contributed by atoms with Gasteiger partial charge in [0.2, 0.25) is 0 Å². The Morgan fingerprint density at radius 1 is 0.667 bits per heavy atom. The van der Waals surface area contributed by atoms with Crippen molar-refractivity contribution in [2.24, 2.45) is 10.2 Å². The van der Waals surface area contributed by atoms with Crippen molar-refractivity contribution in [1.29, 1.82) is 0 Å². The van der Waals surface area contributed by atoms with Crippen molar-refractivity contribution in [3.05, 3.63) is 54.1 Å². The molecular formula is C28H38N2O3. The maximum atomic E-state index is 12.1. The number of azo groups is 1. The van der Waals surface area contributed by atoms with E-state index >= 15 is 0 Å². The number of hydrogen-bond donors (Lipinski definition) is 0. The van der Waals surface area contributed by atoms with E-state index in [0.717, 1.165) is 12.8 Å². The van der Waals surface area contributed by atoms with Gasteiger partial charge in [-0.05, 0) is 61.9 Å². The molecule has 0 aliphatic carbocycles. The monoisotopic (exact) mass is 450 g/mol. The average molecular weight is 451 g/mol. The molecule has 0 fully saturated rings. The van der Waals surface area contributed by atoms with E-state index in [2.05, 4.69) is 17.2 Å². The zero-order valence-electron chi connectivity index (χ0n) is 20.2. The Kier molecular flexibility index (Phi) is 12.7. The van der Waals surface area contributed by atoms with Gasteiger partial charge in [0.15, 0.2) is 5.78 Å². The molecule has 2 aromatic rings. The van der Waals surface area contributed by atoms with Crippen LogP contribution in [0.3, 0.4) is 0 Å². The predicted octanol–water partition coefficient (Wildman–Crippen LogP) is 8.91. The van der Waals surface area contributed by atoms with Crippen LogP contribution in [0.1, 0.15) is 101 Å². The minimum absolute atomic E-state index is 0.0205. The third-order valence-electron chi connectivity index (χ3n) is 5.61. The molecule has 5 heteroatoms. The zero-order chi connectivity index (χ0) is 23.7. The second kappa shape index (κ2) is 15.9. The van der Waals surface area contributed by atoms with Crippen molar-refractivity contribution in [2.45, 2.75) is 90.9 Å². The molecule has 0 radical (unpaired) electrons. The summed E-state index contributed by atoms with van der Waals surface area (Å²) in [5.74, 6) is 0.353. The van der Waals surface area contributed by atoms with Crippen molar-refractivity contribution in [3.63, 3.8) is 0 Å². The van der Waals surface area contributed by atoms with E-state index in [-0.39, 0.29) is 11.8 Å². The molecule has 5 nitrogen and oxygen atoms in total. The molecule has 0 N–H and O–H groups in total. The molecule has 33 heavy (non-hydrogen) atoms. The smallest absolute Gasteiger partial charge is 0.311 e. The van der Waals surface area contributed by atoms with Gasteiger partial charge in [-0.1, -0.05) is 71.1 Å². The van der Waals surface area contributed by atoms with E-state index in [1.807, 2.05) is 0 Å². The Bertz CT molecular complexity index is 858. The number of rotatable bonds is 16. The second-order valence-corrected chi connectivity index (χ2v) is 8.56. The van der Waals surface area contributed by atoms with Crippen LogP contribution in [0.15, 0.2) is 58.8 Å². The molecule has 178 valence electrons. The van der Waals surface area contributed by atoms with Crippen LogP contribution in [0.25, 0.3) is 0 Å². The molecule has 2 aromatic carbocycles. The Hall–Kier alpha value is -2.82. The number of ether oxygens (including phenoxy) is 1. The number of hydrogen-bond acceptors (Lipinski definition) is 5. The molecule has 0 aliphatic rings. The van der Waals surface area contributed by atoms with Crippen molar-refractivity contribution < 1.29 is 14.3 Å². The van der Waals surface area contributed by atoms with Crippen molar-refractivity contribution >= 4 is 23.1 Å². The Morgan fingerprint density at radius 3 is 1.61 bits per heavy atom. The fourth-order valence-corrected chi connectivity index (χ4v) is 3.58. The summed E-state index contributed by atoms with van der Waals surface area (Å²) in [6.07, 6.45) is 14.3. The van der Waals surface area contributed by atoms with Crippen LogP contribution in [-0.2, 0) is 4.79 Å². The number of nitrogens with zero attached hydrogens (tertiary/aromatic N) is 2. The summed E-state index contributed by atoms with van der Waals surface area (Å²) in [6.45, 7) is 3.78. The second-order valence-electron chi connectivity index (χ2n) is 8.56. The summed E-state index contributed by atoms with van der Waals surface area (Å²) in [4.78, 5) is 23.4. The number of unbranched alkanes of at least 4 members (excludes halogenated alkanes) is 10. The van der Waals surface area contributed by atoms with Gasteiger partial charge in [-0.25, -0.2) is 0 Å². The summed E-state index contributed by atoms with van der Waals surface area (Å²) in [7, 11) is 0. The number of carbonyl (C=O) groups is 2.